The summed E-state index contributed by atoms with van der Waals surface area (Å²) in [6, 6.07) is 15.4. The molecule has 0 spiro atoms. The molecular weight excluding hydrogens is 466 g/mol. The largest absolute Gasteiger partial charge is 0.477 e. The summed E-state index contributed by atoms with van der Waals surface area (Å²) in [5.41, 5.74) is 9.44. The van der Waals surface area contributed by atoms with Crippen LogP contribution >= 0.6 is 0 Å². The molecule has 1 aliphatic carbocycles. The standard InChI is InChI=1S/C26H29N7O2.C2H6/c27-23(22-24(28)31-15-32-25(22)33-18-5-1-2-6-18)17-11-9-16(10-12-17)13-30-26(34)21-14-29-19-7-3-4-8-20(19)35-21;1-2/h3-4,7-12,15,18,21,27,29H,1-2,5-6,13-14H2,(H,30,34)(H3,28,31,32,33);1-2H3. The van der Waals surface area contributed by atoms with Crippen molar-refractivity contribution >= 4 is 28.9 Å². The molecule has 2 heterocycles. The van der Waals surface area contributed by atoms with Crippen LogP contribution < -0.4 is 26.4 Å². The first kappa shape index (κ1) is 25.9. The Morgan fingerprint density at radius 3 is 2.59 bits per heavy atom. The fourth-order valence-corrected chi connectivity index (χ4v) is 4.51. The number of benzene rings is 2. The van der Waals surface area contributed by atoms with Crippen LogP contribution in [0.1, 0.15) is 56.2 Å². The van der Waals surface area contributed by atoms with E-state index in [2.05, 4.69) is 25.9 Å². The highest BCUT2D eigenvalue weighted by Gasteiger charge is 2.25. The monoisotopic (exact) mass is 501 g/mol. The van der Waals surface area contributed by atoms with Gasteiger partial charge in [-0.25, -0.2) is 9.97 Å². The van der Waals surface area contributed by atoms with Crippen LogP contribution in [0.4, 0.5) is 17.3 Å². The van der Waals surface area contributed by atoms with Crippen molar-refractivity contribution in [2.75, 3.05) is 22.9 Å². The van der Waals surface area contributed by atoms with Crippen molar-refractivity contribution in [1.82, 2.24) is 15.3 Å². The quantitative estimate of drug-likeness (QED) is 0.304. The van der Waals surface area contributed by atoms with Crippen molar-refractivity contribution in [3.63, 3.8) is 0 Å². The summed E-state index contributed by atoms with van der Waals surface area (Å²) in [7, 11) is 0. The molecule has 1 atom stereocenters. The zero-order chi connectivity index (χ0) is 26.2. The van der Waals surface area contributed by atoms with Crippen LogP contribution in [0.15, 0.2) is 54.9 Å². The lowest BCUT2D eigenvalue weighted by Gasteiger charge is -2.26. The Kier molecular flexibility index (Phi) is 8.56. The molecule has 3 aromatic rings. The van der Waals surface area contributed by atoms with Gasteiger partial charge >= 0.3 is 0 Å². The van der Waals surface area contributed by atoms with E-state index in [1.807, 2.05) is 62.4 Å². The Morgan fingerprint density at radius 2 is 1.84 bits per heavy atom. The zero-order valence-corrected chi connectivity index (χ0v) is 21.4. The molecule has 0 radical (unpaired) electrons. The van der Waals surface area contributed by atoms with Gasteiger partial charge in [0.2, 0.25) is 0 Å². The number of hydrogen-bond acceptors (Lipinski definition) is 8. The number of rotatable bonds is 7. The lowest BCUT2D eigenvalue weighted by molar-refractivity contribution is -0.127. The van der Waals surface area contributed by atoms with E-state index >= 15 is 0 Å². The lowest BCUT2D eigenvalue weighted by atomic mass is 10.0. The Balaban J connectivity index is 0.00000156. The lowest BCUT2D eigenvalue weighted by Crippen LogP contribution is -2.44. The number of carbonyl (C=O) groups is 1. The number of amides is 1. The molecule has 1 fully saturated rings. The first-order valence-corrected chi connectivity index (χ1v) is 12.9. The number of fused-ring (bicyclic) bond motifs is 1. The number of ether oxygens (including phenoxy) is 1. The number of aromatic nitrogens is 2. The molecule has 5 rings (SSSR count). The van der Waals surface area contributed by atoms with E-state index in [0.717, 1.165) is 24.1 Å². The first-order chi connectivity index (χ1) is 18.1. The molecule has 1 saturated carbocycles. The van der Waals surface area contributed by atoms with Crippen LogP contribution in [0.5, 0.6) is 5.75 Å². The molecule has 1 aliphatic heterocycles. The number of hydrogen-bond donors (Lipinski definition) is 5. The average molecular weight is 502 g/mol. The maximum absolute atomic E-state index is 12.6. The minimum Gasteiger partial charge on any atom is -0.477 e. The van der Waals surface area contributed by atoms with Crippen molar-refractivity contribution in [2.45, 2.75) is 58.2 Å². The number of nitrogens with zero attached hydrogens (tertiary/aromatic N) is 2. The van der Waals surface area contributed by atoms with Gasteiger partial charge in [-0.3, -0.25) is 10.2 Å². The zero-order valence-electron chi connectivity index (χ0n) is 21.4. The molecule has 9 nitrogen and oxygen atoms in total. The second kappa shape index (κ2) is 12.2. The van der Waals surface area contributed by atoms with Crippen LogP contribution in [-0.4, -0.2) is 40.3 Å². The highest BCUT2D eigenvalue weighted by Crippen LogP contribution is 2.29. The van der Waals surface area contributed by atoms with Gasteiger partial charge in [0.05, 0.1) is 23.5 Å². The Labute approximate surface area is 217 Å². The van der Waals surface area contributed by atoms with E-state index < -0.39 is 6.10 Å². The molecule has 0 bridgehead atoms. The van der Waals surface area contributed by atoms with Gasteiger partial charge in [-0.05, 0) is 30.5 Å². The van der Waals surface area contributed by atoms with Crippen molar-refractivity contribution in [2.24, 2.45) is 0 Å². The fourth-order valence-electron chi connectivity index (χ4n) is 4.51. The molecule has 2 aliphatic rings. The van der Waals surface area contributed by atoms with Crippen molar-refractivity contribution in [3.8, 4) is 5.75 Å². The third-order valence-corrected chi connectivity index (χ3v) is 6.46. The molecule has 1 aromatic heterocycles. The molecule has 194 valence electrons. The van der Waals surface area contributed by atoms with E-state index in [1.165, 1.54) is 19.2 Å². The maximum atomic E-state index is 12.6. The van der Waals surface area contributed by atoms with E-state index in [9.17, 15) is 4.79 Å². The predicted molar refractivity (Wildman–Crippen MR) is 147 cm³/mol. The second-order valence-electron chi connectivity index (χ2n) is 8.88. The van der Waals surface area contributed by atoms with Gasteiger partial charge in [-0.2, -0.15) is 0 Å². The molecular formula is C28H35N7O2. The maximum Gasteiger partial charge on any atom is 0.263 e. The summed E-state index contributed by atoms with van der Waals surface area (Å²) in [6.45, 7) is 4.77. The average Bonchev–Trinajstić information content (AvgIpc) is 3.46. The van der Waals surface area contributed by atoms with Gasteiger partial charge < -0.3 is 26.4 Å². The Morgan fingerprint density at radius 1 is 1.11 bits per heavy atom. The van der Waals surface area contributed by atoms with E-state index in [4.69, 9.17) is 15.9 Å². The topological polar surface area (TPSA) is 138 Å². The van der Waals surface area contributed by atoms with Crippen LogP contribution in [-0.2, 0) is 11.3 Å². The van der Waals surface area contributed by atoms with Crippen molar-refractivity contribution in [1.29, 1.82) is 5.41 Å². The molecule has 1 amide bonds. The smallest absolute Gasteiger partial charge is 0.263 e. The van der Waals surface area contributed by atoms with Gasteiger partial charge in [0.25, 0.3) is 5.91 Å². The molecule has 37 heavy (non-hydrogen) atoms. The van der Waals surface area contributed by atoms with E-state index in [-0.39, 0.29) is 17.4 Å². The minimum absolute atomic E-state index is 0.180. The van der Waals surface area contributed by atoms with Crippen LogP contribution in [0, 0.1) is 5.41 Å². The number of carbonyl (C=O) groups excluding carboxylic acids is 1. The normalized spacial score (nSPS) is 16.3. The van der Waals surface area contributed by atoms with Gasteiger partial charge in [0.1, 0.15) is 23.7 Å². The summed E-state index contributed by atoms with van der Waals surface area (Å²) in [5.74, 6) is 1.38. The van der Waals surface area contributed by atoms with E-state index in [1.54, 1.807) is 0 Å². The predicted octanol–water partition coefficient (Wildman–Crippen LogP) is 4.34. The highest BCUT2D eigenvalue weighted by molar-refractivity contribution is 6.16. The summed E-state index contributed by atoms with van der Waals surface area (Å²) >= 11 is 0. The number of nitrogens with one attached hydrogen (secondary N) is 4. The number of nitrogens with two attached hydrogens (primary N) is 1. The molecule has 6 N–H and O–H groups in total. The summed E-state index contributed by atoms with van der Waals surface area (Å²) in [6.07, 6.45) is 5.40. The van der Waals surface area contributed by atoms with Gasteiger partial charge in [-0.15, -0.1) is 0 Å². The van der Waals surface area contributed by atoms with Crippen LogP contribution in [0.3, 0.4) is 0 Å². The van der Waals surface area contributed by atoms with Gasteiger partial charge in [0.15, 0.2) is 6.10 Å². The van der Waals surface area contributed by atoms with Gasteiger partial charge in [0, 0.05) is 18.2 Å². The number of nitrogen functional groups attached to an aromatic ring is 1. The Bertz CT molecular complexity index is 1220. The van der Waals surface area contributed by atoms with Crippen molar-refractivity contribution < 1.29 is 9.53 Å². The molecule has 2 aromatic carbocycles. The van der Waals surface area contributed by atoms with Crippen LogP contribution in [0.2, 0.25) is 0 Å². The third kappa shape index (κ3) is 6.17. The van der Waals surface area contributed by atoms with Gasteiger partial charge in [-0.1, -0.05) is 63.1 Å². The molecule has 1 unspecified atom stereocenters. The fraction of sp³-hybridized carbons (Fsp3) is 0.357. The third-order valence-electron chi connectivity index (χ3n) is 6.46. The summed E-state index contributed by atoms with van der Waals surface area (Å²) in [4.78, 5) is 21.1. The second-order valence-corrected chi connectivity index (χ2v) is 8.88. The Hall–Kier alpha value is -4.14. The number of anilines is 3. The highest BCUT2D eigenvalue weighted by atomic mass is 16.5. The molecule has 0 saturated heterocycles. The number of para-hydroxylation sites is 2. The van der Waals surface area contributed by atoms with Crippen molar-refractivity contribution in [3.05, 3.63) is 71.5 Å². The SMILES string of the molecule is CC.N=C(c1ccc(CNC(=O)C2CNc3ccccc3O2)cc1)c1c(N)ncnc1NC1CCCC1. The van der Waals surface area contributed by atoms with Crippen LogP contribution in [0.25, 0.3) is 0 Å². The first-order valence-electron chi connectivity index (χ1n) is 12.9. The minimum atomic E-state index is -0.593. The summed E-state index contributed by atoms with van der Waals surface area (Å²) in [5, 5.41) is 18.4. The summed E-state index contributed by atoms with van der Waals surface area (Å²) < 4.78 is 5.82. The molecule has 9 heteroatoms. The van der Waals surface area contributed by atoms with E-state index in [0.29, 0.717) is 41.8 Å².